The molecule has 0 saturated heterocycles. The number of methoxy groups -OCH3 is 1. The Kier molecular flexibility index (Phi) is 10.7. The van der Waals surface area contributed by atoms with Crippen molar-refractivity contribution in [2.45, 2.75) is 39.7 Å². The van der Waals surface area contributed by atoms with Gasteiger partial charge in [-0.3, -0.25) is 9.59 Å². The van der Waals surface area contributed by atoms with Gasteiger partial charge in [0.2, 0.25) is 5.91 Å². The highest BCUT2D eigenvalue weighted by Crippen LogP contribution is 2.25. The van der Waals surface area contributed by atoms with Crippen molar-refractivity contribution in [2.75, 3.05) is 51.3 Å². The van der Waals surface area contributed by atoms with Gasteiger partial charge in [-0.1, -0.05) is 37.6 Å². The molecule has 8 heteroatoms. The third-order valence-electron chi connectivity index (χ3n) is 6.27. The summed E-state index contributed by atoms with van der Waals surface area (Å²) in [5.41, 5.74) is 2.11. The number of amides is 2. The first-order chi connectivity index (χ1) is 17.3. The molecule has 6 nitrogen and oxygen atoms in total. The maximum atomic E-state index is 14.4. The normalized spacial score (nSPS) is 15.8. The van der Waals surface area contributed by atoms with E-state index in [9.17, 15) is 14.0 Å². The van der Waals surface area contributed by atoms with Crippen molar-refractivity contribution in [1.29, 1.82) is 0 Å². The molecule has 1 aliphatic heterocycles. The van der Waals surface area contributed by atoms with Crippen LogP contribution in [-0.4, -0.2) is 68.1 Å². The number of anilines is 1. The Morgan fingerprint density at radius 2 is 1.69 bits per heavy atom. The highest BCUT2D eigenvalue weighted by Gasteiger charge is 2.24. The van der Waals surface area contributed by atoms with Gasteiger partial charge >= 0.3 is 0 Å². The number of hydrogen-bond acceptors (Lipinski definition) is 4. The zero-order chi connectivity index (χ0) is 26.1. The molecule has 2 aromatic carbocycles. The average Bonchev–Trinajstić information content (AvgIpc) is 2.82. The van der Waals surface area contributed by atoms with Gasteiger partial charge in [0, 0.05) is 44.0 Å². The molecule has 3 rings (SSSR count). The maximum Gasteiger partial charge on any atom is 0.252 e. The number of carbonyl (C=O) groups excluding carboxylic acids is 2. The lowest BCUT2D eigenvalue weighted by Gasteiger charge is -2.32. The van der Waals surface area contributed by atoms with Gasteiger partial charge in [0.1, 0.15) is 12.4 Å². The quantitative estimate of drug-likeness (QED) is 0.553. The molecule has 1 aliphatic rings. The number of carbonyl (C=O) groups is 2. The van der Waals surface area contributed by atoms with E-state index in [4.69, 9.17) is 16.3 Å². The number of hydrogen-bond donors (Lipinski definition) is 0. The number of halogens is 2. The zero-order valence-electron chi connectivity index (χ0n) is 21.5. The van der Waals surface area contributed by atoms with Crippen LogP contribution >= 0.6 is 11.6 Å². The Morgan fingerprint density at radius 1 is 1.00 bits per heavy atom. The second-order valence-corrected chi connectivity index (χ2v) is 10.2. The molecule has 196 valence electrons. The molecule has 0 unspecified atom stereocenters. The Hall–Kier alpha value is -2.48. The molecule has 0 aliphatic carbocycles. The molecule has 0 spiro atoms. The summed E-state index contributed by atoms with van der Waals surface area (Å²) in [7, 11) is 1.49. The largest absolute Gasteiger partial charge is 0.375 e. The summed E-state index contributed by atoms with van der Waals surface area (Å²) in [6.07, 6.45) is 1.83. The fraction of sp³-hybridized carbons (Fsp3) is 0.500. The number of rotatable bonds is 6. The van der Waals surface area contributed by atoms with Crippen molar-refractivity contribution in [3.8, 4) is 0 Å². The Morgan fingerprint density at radius 3 is 2.36 bits per heavy atom. The monoisotopic (exact) mass is 517 g/mol. The first kappa shape index (κ1) is 28.1. The van der Waals surface area contributed by atoms with Crippen LogP contribution in [0.5, 0.6) is 0 Å². The zero-order valence-corrected chi connectivity index (χ0v) is 22.3. The molecule has 36 heavy (non-hydrogen) atoms. The number of benzene rings is 2. The van der Waals surface area contributed by atoms with E-state index in [1.54, 1.807) is 28.0 Å². The predicted molar refractivity (Wildman–Crippen MR) is 142 cm³/mol. The summed E-state index contributed by atoms with van der Waals surface area (Å²) in [5, 5.41) is 0.618. The van der Waals surface area contributed by atoms with Crippen LogP contribution in [0.15, 0.2) is 42.5 Å². The molecule has 0 bridgehead atoms. The van der Waals surface area contributed by atoms with E-state index >= 15 is 0 Å². The molecular weight excluding hydrogens is 481 g/mol. The lowest BCUT2D eigenvalue weighted by molar-refractivity contribution is -0.131. The summed E-state index contributed by atoms with van der Waals surface area (Å²) in [6.45, 7) is 8.22. The van der Waals surface area contributed by atoms with Crippen LogP contribution in [0, 0.1) is 11.7 Å². The molecule has 2 aromatic rings. The fourth-order valence-electron chi connectivity index (χ4n) is 4.66. The smallest absolute Gasteiger partial charge is 0.252 e. The van der Waals surface area contributed by atoms with E-state index in [1.807, 2.05) is 12.1 Å². The minimum Gasteiger partial charge on any atom is -0.375 e. The van der Waals surface area contributed by atoms with Gasteiger partial charge in [-0.05, 0) is 73.3 Å². The van der Waals surface area contributed by atoms with Crippen molar-refractivity contribution in [1.82, 2.24) is 9.80 Å². The van der Waals surface area contributed by atoms with Crippen molar-refractivity contribution in [2.24, 2.45) is 5.92 Å². The minimum absolute atomic E-state index is 0.0465. The fourth-order valence-corrected chi connectivity index (χ4v) is 4.79. The summed E-state index contributed by atoms with van der Waals surface area (Å²) >= 11 is 6.00. The van der Waals surface area contributed by atoms with Crippen LogP contribution in [0.25, 0.3) is 0 Å². The van der Waals surface area contributed by atoms with Gasteiger partial charge < -0.3 is 19.4 Å². The predicted octanol–water partition coefficient (Wildman–Crippen LogP) is 4.78. The Balaban J connectivity index is 1.94. The van der Waals surface area contributed by atoms with Gasteiger partial charge in [0.15, 0.2) is 0 Å². The van der Waals surface area contributed by atoms with E-state index in [-0.39, 0.29) is 31.4 Å². The lowest BCUT2D eigenvalue weighted by atomic mass is 10.1. The SMILES string of the molecule is COCC(=O)N1CCCN(CC(C)C)CCCN(C(=O)Cc2ccc(Cl)cc2)Cc2cc(F)ccc21. The van der Waals surface area contributed by atoms with Crippen LogP contribution in [0.2, 0.25) is 5.02 Å². The van der Waals surface area contributed by atoms with E-state index in [0.29, 0.717) is 35.3 Å². The van der Waals surface area contributed by atoms with Gasteiger partial charge in [-0.15, -0.1) is 0 Å². The van der Waals surface area contributed by atoms with Crippen molar-refractivity contribution in [3.05, 3.63) is 64.4 Å². The number of nitrogens with zero attached hydrogens (tertiary/aromatic N) is 3. The topological polar surface area (TPSA) is 53.1 Å². The van der Waals surface area contributed by atoms with Crippen LogP contribution in [0.1, 0.15) is 37.8 Å². The first-order valence-electron chi connectivity index (χ1n) is 12.6. The van der Waals surface area contributed by atoms with Crippen molar-refractivity contribution in [3.63, 3.8) is 0 Å². The molecule has 0 aromatic heterocycles. The van der Waals surface area contributed by atoms with Gasteiger partial charge in [0.05, 0.1) is 6.42 Å². The minimum atomic E-state index is -0.395. The maximum absolute atomic E-state index is 14.4. The summed E-state index contributed by atoms with van der Waals surface area (Å²) in [5.74, 6) is -0.115. The number of ether oxygens (including phenoxy) is 1. The van der Waals surface area contributed by atoms with Crippen LogP contribution in [0.4, 0.5) is 10.1 Å². The van der Waals surface area contributed by atoms with Crippen molar-refractivity contribution >= 4 is 29.1 Å². The average molecular weight is 518 g/mol. The Bertz CT molecular complexity index is 1020. The van der Waals surface area contributed by atoms with E-state index in [2.05, 4.69) is 18.7 Å². The molecule has 0 saturated carbocycles. The van der Waals surface area contributed by atoms with E-state index < -0.39 is 5.82 Å². The summed E-state index contributed by atoms with van der Waals surface area (Å²) in [6, 6.07) is 11.7. The molecule has 0 radical (unpaired) electrons. The van der Waals surface area contributed by atoms with Crippen LogP contribution < -0.4 is 4.90 Å². The molecule has 2 amide bonds. The first-order valence-corrected chi connectivity index (χ1v) is 13.0. The second-order valence-electron chi connectivity index (χ2n) is 9.77. The molecule has 0 atom stereocenters. The molecule has 0 N–H and O–H groups in total. The standard InChI is InChI=1S/C28H37ClFN3O3/c1-21(2)18-31-12-4-14-32(27(34)16-22-6-8-24(29)9-7-22)19-23-17-25(30)10-11-26(23)33(15-5-13-31)28(35)20-36-3/h6-11,17,21H,4-5,12-16,18-20H2,1-3H3. The highest BCUT2D eigenvalue weighted by atomic mass is 35.5. The molecular formula is C28H37ClFN3O3. The van der Waals surface area contributed by atoms with Gasteiger partial charge in [-0.25, -0.2) is 4.39 Å². The number of fused-ring (bicyclic) bond motifs is 1. The van der Waals surface area contributed by atoms with E-state index in [0.717, 1.165) is 38.0 Å². The van der Waals surface area contributed by atoms with Gasteiger partial charge in [0.25, 0.3) is 5.91 Å². The van der Waals surface area contributed by atoms with Crippen LogP contribution in [0.3, 0.4) is 0 Å². The second kappa shape index (κ2) is 13.7. The van der Waals surface area contributed by atoms with Crippen LogP contribution in [-0.2, 0) is 27.3 Å². The van der Waals surface area contributed by atoms with Gasteiger partial charge in [-0.2, -0.15) is 0 Å². The lowest BCUT2D eigenvalue weighted by Crippen LogP contribution is -2.41. The third kappa shape index (κ3) is 8.29. The summed E-state index contributed by atoms with van der Waals surface area (Å²) in [4.78, 5) is 32.3. The highest BCUT2D eigenvalue weighted by molar-refractivity contribution is 6.30. The third-order valence-corrected chi connectivity index (χ3v) is 6.52. The summed E-state index contributed by atoms with van der Waals surface area (Å²) < 4.78 is 19.5. The van der Waals surface area contributed by atoms with Crippen molar-refractivity contribution < 1.29 is 18.7 Å². The van der Waals surface area contributed by atoms with E-state index in [1.165, 1.54) is 19.2 Å². The Labute approximate surface area is 219 Å². The molecule has 0 fully saturated rings. The molecule has 1 heterocycles.